The lowest BCUT2D eigenvalue weighted by molar-refractivity contribution is -0.137. The minimum Gasteiger partial charge on any atom is -0.399 e. The van der Waals surface area contributed by atoms with Gasteiger partial charge < -0.3 is 11.1 Å². The highest BCUT2D eigenvalue weighted by Crippen LogP contribution is 2.27. The zero-order valence-electron chi connectivity index (χ0n) is 10.3. The van der Waals surface area contributed by atoms with Crippen LogP contribution >= 0.6 is 11.3 Å². The third kappa shape index (κ3) is 2.83. The molecule has 6 nitrogen and oxygen atoms in total. The van der Waals surface area contributed by atoms with Gasteiger partial charge in [-0.3, -0.25) is 9.63 Å². The van der Waals surface area contributed by atoms with Crippen LogP contribution in [-0.2, 0) is 9.63 Å². The van der Waals surface area contributed by atoms with Crippen LogP contribution in [-0.4, -0.2) is 35.7 Å². The van der Waals surface area contributed by atoms with Gasteiger partial charge in [-0.25, -0.2) is 4.98 Å². The van der Waals surface area contributed by atoms with E-state index in [1.807, 2.05) is 12.1 Å². The number of nitrogen functional groups attached to an aromatic ring is 1. The topological polar surface area (TPSA) is 80.5 Å². The summed E-state index contributed by atoms with van der Waals surface area (Å²) in [6.07, 6.45) is 0.966. The van der Waals surface area contributed by atoms with Crippen LogP contribution in [0, 0.1) is 0 Å². The Morgan fingerprint density at radius 1 is 1.58 bits per heavy atom. The van der Waals surface area contributed by atoms with E-state index in [4.69, 9.17) is 10.6 Å². The number of fused-ring (bicyclic) bond motifs is 1. The Kier molecular flexibility index (Phi) is 3.33. The molecule has 1 amide bonds. The number of carbonyl (C=O) groups is 1. The zero-order valence-corrected chi connectivity index (χ0v) is 11.1. The Morgan fingerprint density at radius 3 is 3.26 bits per heavy atom. The van der Waals surface area contributed by atoms with Gasteiger partial charge in [0.15, 0.2) is 5.13 Å². The molecule has 0 radical (unpaired) electrons. The molecule has 1 saturated heterocycles. The number of nitrogens with zero attached hydrogens (tertiary/aromatic N) is 2. The molecule has 1 fully saturated rings. The summed E-state index contributed by atoms with van der Waals surface area (Å²) >= 11 is 1.42. The molecule has 2 heterocycles. The van der Waals surface area contributed by atoms with Crippen LogP contribution in [0.25, 0.3) is 10.2 Å². The molecular formula is C12H14N4O2S. The number of benzene rings is 1. The van der Waals surface area contributed by atoms with Gasteiger partial charge in [-0.05, 0) is 24.6 Å². The van der Waals surface area contributed by atoms with E-state index >= 15 is 0 Å². The van der Waals surface area contributed by atoms with Gasteiger partial charge in [0.05, 0.1) is 16.8 Å². The van der Waals surface area contributed by atoms with Gasteiger partial charge in [0.2, 0.25) is 5.91 Å². The quantitative estimate of drug-likeness (QED) is 0.831. The first-order valence-corrected chi connectivity index (χ1v) is 6.86. The number of anilines is 2. The standard InChI is InChI=1S/C12H14N4O2S/c13-8-2-3-9-10(6-8)19-12(14-9)15-11(17)7-16-4-1-5-18-16/h2-3,6H,1,4-5,7,13H2,(H,14,15,17). The second-order valence-corrected chi connectivity index (χ2v) is 5.38. The van der Waals surface area contributed by atoms with Crippen LogP contribution in [0.2, 0.25) is 0 Å². The van der Waals surface area contributed by atoms with E-state index in [-0.39, 0.29) is 12.5 Å². The Morgan fingerprint density at radius 2 is 2.47 bits per heavy atom. The van der Waals surface area contributed by atoms with Crippen molar-refractivity contribution in [2.24, 2.45) is 0 Å². The highest BCUT2D eigenvalue weighted by Gasteiger charge is 2.17. The molecule has 0 unspecified atom stereocenters. The van der Waals surface area contributed by atoms with E-state index in [2.05, 4.69) is 10.3 Å². The number of aromatic nitrogens is 1. The highest BCUT2D eigenvalue weighted by atomic mass is 32.1. The predicted molar refractivity (Wildman–Crippen MR) is 74.8 cm³/mol. The van der Waals surface area contributed by atoms with Crippen molar-refractivity contribution in [3.8, 4) is 0 Å². The molecular weight excluding hydrogens is 264 g/mol. The van der Waals surface area contributed by atoms with Crippen molar-refractivity contribution in [2.75, 3.05) is 30.7 Å². The van der Waals surface area contributed by atoms with Crippen molar-refractivity contribution in [1.29, 1.82) is 0 Å². The van der Waals surface area contributed by atoms with Crippen LogP contribution < -0.4 is 11.1 Å². The van der Waals surface area contributed by atoms with Gasteiger partial charge in [-0.1, -0.05) is 11.3 Å². The van der Waals surface area contributed by atoms with Crippen molar-refractivity contribution in [1.82, 2.24) is 10.0 Å². The number of nitrogens with two attached hydrogens (primary N) is 1. The number of hydrogen-bond donors (Lipinski definition) is 2. The van der Waals surface area contributed by atoms with E-state index < -0.39 is 0 Å². The number of nitrogens with one attached hydrogen (secondary N) is 1. The van der Waals surface area contributed by atoms with Crippen LogP contribution in [0.1, 0.15) is 6.42 Å². The monoisotopic (exact) mass is 278 g/mol. The van der Waals surface area contributed by atoms with E-state index in [0.717, 1.165) is 23.2 Å². The van der Waals surface area contributed by atoms with Gasteiger partial charge >= 0.3 is 0 Å². The molecule has 0 atom stereocenters. The molecule has 7 heteroatoms. The summed E-state index contributed by atoms with van der Waals surface area (Å²) < 4.78 is 0.965. The van der Waals surface area contributed by atoms with Crippen molar-refractivity contribution in [3.05, 3.63) is 18.2 Å². The minimum absolute atomic E-state index is 0.117. The molecule has 3 rings (SSSR count). The van der Waals surface area contributed by atoms with Crippen molar-refractivity contribution in [3.63, 3.8) is 0 Å². The minimum atomic E-state index is -0.117. The lowest BCUT2D eigenvalue weighted by atomic mass is 10.3. The molecule has 1 aromatic carbocycles. The molecule has 3 N–H and O–H groups in total. The molecule has 0 spiro atoms. The van der Waals surface area contributed by atoms with Crippen molar-refractivity contribution >= 4 is 38.3 Å². The van der Waals surface area contributed by atoms with E-state index in [0.29, 0.717) is 17.4 Å². The van der Waals surface area contributed by atoms with Gasteiger partial charge in [0.1, 0.15) is 6.54 Å². The SMILES string of the molecule is Nc1ccc2nc(NC(=O)CN3CCCO3)sc2c1. The summed E-state index contributed by atoms with van der Waals surface area (Å²) in [5.41, 5.74) is 7.25. The molecule has 100 valence electrons. The molecule has 0 saturated carbocycles. The third-order valence-electron chi connectivity index (χ3n) is 2.80. The largest absolute Gasteiger partial charge is 0.399 e. The number of rotatable bonds is 3. The molecule has 1 aliphatic heterocycles. The third-order valence-corrected chi connectivity index (χ3v) is 3.74. The Balaban J connectivity index is 1.68. The smallest absolute Gasteiger partial charge is 0.242 e. The first-order valence-electron chi connectivity index (χ1n) is 6.04. The van der Waals surface area contributed by atoms with Gasteiger partial charge in [0, 0.05) is 12.2 Å². The van der Waals surface area contributed by atoms with Gasteiger partial charge in [-0.2, -0.15) is 5.06 Å². The van der Waals surface area contributed by atoms with Crippen LogP contribution in [0.5, 0.6) is 0 Å². The van der Waals surface area contributed by atoms with E-state index in [1.54, 1.807) is 11.1 Å². The van der Waals surface area contributed by atoms with Gasteiger partial charge in [0.25, 0.3) is 0 Å². The van der Waals surface area contributed by atoms with E-state index in [1.165, 1.54) is 11.3 Å². The summed E-state index contributed by atoms with van der Waals surface area (Å²) in [7, 11) is 0. The molecule has 1 aliphatic rings. The van der Waals surface area contributed by atoms with Crippen molar-refractivity contribution < 1.29 is 9.63 Å². The average molecular weight is 278 g/mol. The fourth-order valence-corrected chi connectivity index (χ4v) is 2.87. The average Bonchev–Trinajstić information content (AvgIpc) is 2.97. The summed E-state index contributed by atoms with van der Waals surface area (Å²) in [4.78, 5) is 21.4. The number of thiazole rings is 1. The summed E-state index contributed by atoms with van der Waals surface area (Å²) in [6.45, 7) is 1.72. The lowest BCUT2D eigenvalue weighted by Gasteiger charge is -2.11. The Hall–Kier alpha value is -1.70. The number of hydrogen-bond acceptors (Lipinski definition) is 6. The molecule has 1 aromatic heterocycles. The van der Waals surface area contributed by atoms with Crippen LogP contribution in [0.3, 0.4) is 0 Å². The number of carbonyl (C=O) groups excluding carboxylic acids is 1. The zero-order chi connectivity index (χ0) is 13.2. The second kappa shape index (κ2) is 5.12. The Bertz CT molecular complexity index is 607. The highest BCUT2D eigenvalue weighted by molar-refractivity contribution is 7.22. The lowest BCUT2D eigenvalue weighted by Crippen LogP contribution is -2.30. The maximum Gasteiger partial charge on any atom is 0.242 e. The van der Waals surface area contributed by atoms with E-state index in [9.17, 15) is 4.79 Å². The molecule has 19 heavy (non-hydrogen) atoms. The van der Waals surface area contributed by atoms with Crippen LogP contribution in [0.4, 0.5) is 10.8 Å². The first kappa shape index (κ1) is 12.3. The fraction of sp³-hybridized carbons (Fsp3) is 0.333. The first-order chi connectivity index (χ1) is 9.20. The summed E-state index contributed by atoms with van der Waals surface area (Å²) in [5, 5.41) is 5.04. The molecule has 2 aromatic rings. The molecule has 0 aliphatic carbocycles. The maximum atomic E-state index is 11.8. The normalized spacial score (nSPS) is 16.0. The number of amides is 1. The van der Waals surface area contributed by atoms with Crippen molar-refractivity contribution in [2.45, 2.75) is 6.42 Å². The second-order valence-electron chi connectivity index (χ2n) is 4.34. The predicted octanol–water partition coefficient (Wildman–Crippen LogP) is 1.45. The Labute approximate surface area is 114 Å². The maximum absolute atomic E-state index is 11.8. The summed E-state index contributed by atoms with van der Waals surface area (Å²) in [6, 6.07) is 5.50. The number of hydroxylamine groups is 2. The molecule has 0 bridgehead atoms. The van der Waals surface area contributed by atoms with Gasteiger partial charge in [-0.15, -0.1) is 0 Å². The summed E-state index contributed by atoms with van der Waals surface area (Å²) in [5.74, 6) is -0.117. The fourth-order valence-electron chi connectivity index (χ4n) is 1.94. The van der Waals surface area contributed by atoms with Crippen LogP contribution in [0.15, 0.2) is 18.2 Å².